The summed E-state index contributed by atoms with van der Waals surface area (Å²) in [5, 5.41) is 10.2. The summed E-state index contributed by atoms with van der Waals surface area (Å²) >= 11 is 0. The van der Waals surface area contributed by atoms with Crippen molar-refractivity contribution in [3.63, 3.8) is 0 Å². The molecule has 153 valence electrons. The number of benzene rings is 2. The minimum atomic E-state index is -0.980. The van der Waals surface area contributed by atoms with Gasteiger partial charge in [0.05, 0.1) is 11.2 Å². The van der Waals surface area contributed by atoms with E-state index in [4.69, 9.17) is 9.39 Å². The Hall–Kier alpha value is -2.31. The average Bonchev–Trinajstić information content (AvgIpc) is 3.18. The first-order valence-corrected chi connectivity index (χ1v) is 10.0. The minimum absolute atomic E-state index is 0.320. The van der Waals surface area contributed by atoms with Gasteiger partial charge < -0.3 is 19.4 Å². The molecule has 29 heavy (non-hydrogen) atoms. The summed E-state index contributed by atoms with van der Waals surface area (Å²) < 4.78 is 11.3. The van der Waals surface area contributed by atoms with Crippen molar-refractivity contribution < 1.29 is 19.3 Å². The first-order valence-electron chi connectivity index (χ1n) is 10.0. The van der Waals surface area contributed by atoms with E-state index in [2.05, 4.69) is 12.1 Å². The molecular formula is C23H29BNO4. The Morgan fingerprint density at radius 3 is 2.34 bits per heavy atom. The number of hydrogen-bond acceptors (Lipinski definition) is 4. The van der Waals surface area contributed by atoms with Crippen LogP contribution in [0.3, 0.4) is 0 Å². The van der Waals surface area contributed by atoms with E-state index in [0.29, 0.717) is 24.8 Å². The third kappa shape index (κ3) is 5.40. The van der Waals surface area contributed by atoms with Gasteiger partial charge in [0.2, 0.25) is 0 Å². The van der Waals surface area contributed by atoms with Crippen molar-refractivity contribution in [2.75, 3.05) is 13.1 Å². The number of aliphatic hydroxyl groups is 1. The molecule has 0 saturated carbocycles. The summed E-state index contributed by atoms with van der Waals surface area (Å²) in [6.45, 7) is 8.46. The minimum Gasteiger partial charge on any atom is -0.427 e. The van der Waals surface area contributed by atoms with Crippen molar-refractivity contribution in [2.45, 2.75) is 51.2 Å². The molecule has 0 spiro atoms. The fourth-order valence-corrected chi connectivity index (χ4v) is 3.06. The molecule has 1 N–H and O–H groups in total. The van der Waals surface area contributed by atoms with E-state index < -0.39 is 11.2 Å². The lowest BCUT2D eigenvalue weighted by molar-refractivity contribution is -0.0893. The summed E-state index contributed by atoms with van der Waals surface area (Å²) in [5.74, 6) is 0.856. The average molecular weight is 394 g/mol. The maximum Gasteiger partial charge on any atom is 0.415 e. The monoisotopic (exact) mass is 394 g/mol. The van der Waals surface area contributed by atoms with Gasteiger partial charge in [0.25, 0.3) is 0 Å². The van der Waals surface area contributed by atoms with Crippen molar-refractivity contribution in [1.29, 1.82) is 0 Å². The molecule has 1 unspecified atom stereocenters. The van der Waals surface area contributed by atoms with Crippen LogP contribution in [0.4, 0.5) is 4.79 Å². The molecule has 2 aromatic carbocycles. The van der Waals surface area contributed by atoms with E-state index >= 15 is 0 Å². The summed E-state index contributed by atoms with van der Waals surface area (Å²) in [5.41, 5.74) is 0.374. The van der Waals surface area contributed by atoms with Crippen LogP contribution in [0, 0.1) is 0 Å². The van der Waals surface area contributed by atoms with E-state index in [1.807, 2.05) is 44.2 Å². The predicted octanol–water partition coefficient (Wildman–Crippen LogP) is 3.49. The molecule has 1 amide bonds. The van der Waals surface area contributed by atoms with Gasteiger partial charge in [0, 0.05) is 19.0 Å². The molecule has 1 saturated heterocycles. The molecule has 1 heterocycles. The van der Waals surface area contributed by atoms with Crippen LogP contribution in [-0.4, -0.2) is 47.9 Å². The number of amides is 1. The van der Waals surface area contributed by atoms with Gasteiger partial charge in [0.1, 0.15) is 5.75 Å². The van der Waals surface area contributed by atoms with E-state index in [9.17, 15) is 9.90 Å². The van der Waals surface area contributed by atoms with Gasteiger partial charge >= 0.3 is 13.6 Å². The summed E-state index contributed by atoms with van der Waals surface area (Å²) in [7, 11) is 1.61. The fraction of sp³-hybridized carbons (Fsp3) is 0.435. The van der Waals surface area contributed by atoms with Gasteiger partial charge in [0.15, 0.2) is 0 Å². The number of rotatable bonds is 6. The highest BCUT2D eigenvalue weighted by Crippen LogP contribution is 2.27. The molecule has 5 nitrogen and oxygen atoms in total. The molecule has 1 atom stereocenters. The van der Waals surface area contributed by atoms with E-state index in [1.54, 1.807) is 38.4 Å². The number of nitrogens with zero attached hydrogens (tertiary/aromatic N) is 1. The number of carbonyl (C=O) groups excluding carboxylic acids is 1. The van der Waals surface area contributed by atoms with Gasteiger partial charge in [-0.3, -0.25) is 0 Å². The third-order valence-corrected chi connectivity index (χ3v) is 5.77. The SMILES string of the molecule is CC(C)(O)C(C)(C)O[B]c1ccc(OC(=O)N2CCC(c3ccccc3)C2)cc1. The Morgan fingerprint density at radius 1 is 1.07 bits per heavy atom. The van der Waals surface area contributed by atoms with Crippen LogP contribution >= 0.6 is 0 Å². The van der Waals surface area contributed by atoms with Gasteiger partial charge in [-0.25, -0.2) is 4.79 Å². The van der Waals surface area contributed by atoms with Crippen molar-refractivity contribution in [2.24, 2.45) is 0 Å². The van der Waals surface area contributed by atoms with Crippen molar-refractivity contribution in [3.05, 3.63) is 60.2 Å². The lowest BCUT2D eigenvalue weighted by Gasteiger charge is -2.37. The van der Waals surface area contributed by atoms with Crippen LogP contribution in [0.5, 0.6) is 5.75 Å². The van der Waals surface area contributed by atoms with E-state index in [0.717, 1.165) is 11.9 Å². The van der Waals surface area contributed by atoms with Crippen LogP contribution in [0.2, 0.25) is 0 Å². The van der Waals surface area contributed by atoms with Gasteiger partial charge in [-0.15, -0.1) is 0 Å². The highest BCUT2D eigenvalue weighted by atomic mass is 16.6. The lowest BCUT2D eigenvalue weighted by Crippen LogP contribution is -2.49. The van der Waals surface area contributed by atoms with Crippen molar-refractivity contribution in [1.82, 2.24) is 4.90 Å². The molecule has 0 aromatic heterocycles. The highest BCUT2D eigenvalue weighted by molar-refractivity contribution is 6.47. The molecule has 1 aliphatic rings. The number of hydrogen-bond donors (Lipinski definition) is 1. The summed E-state index contributed by atoms with van der Waals surface area (Å²) in [6, 6.07) is 17.4. The molecule has 1 aliphatic heterocycles. The second kappa shape index (κ2) is 8.60. The first kappa shape index (κ1) is 21.4. The molecule has 0 aliphatic carbocycles. The summed E-state index contributed by atoms with van der Waals surface area (Å²) in [6.07, 6.45) is 0.626. The second-order valence-corrected chi connectivity index (χ2v) is 8.58. The van der Waals surface area contributed by atoms with Crippen LogP contribution in [0.1, 0.15) is 45.6 Å². The number of carbonyl (C=O) groups is 1. The Kier molecular flexibility index (Phi) is 6.34. The Bertz CT molecular complexity index is 815. The molecule has 1 radical (unpaired) electrons. The van der Waals surface area contributed by atoms with E-state index in [1.165, 1.54) is 5.56 Å². The summed E-state index contributed by atoms with van der Waals surface area (Å²) in [4.78, 5) is 14.2. The van der Waals surface area contributed by atoms with Gasteiger partial charge in [-0.05, 0) is 51.8 Å². The zero-order valence-electron chi connectivity index (χ0n) is 17.6. The predicted molar refractivity (Wildman–Crippen MR) is 115 cm³/mol. The van der Waals surface area contributed by atoms with E-state index in [-0.39, 0.29) is 6.09 Å². The van der Waals surface area contributed by atoms with Crippen molar-refractivity contribution >= 4 is 19.0 Å². The molecule has 3 rings (SSSR count). The van der Waals surface area contributed by atoms with Crippen LogP contribution < -0.4 is 10.2 Å². The molecule has 2 aromatic rings. The lowest BCUT2D eigenvalue weighted by atomic mass is 9.82. The zero-order chi connectivity index (χ0) is 21.1. The third-order valence-electron chi connectivity index (χ3n) is 5.77. The van der Waals surface area contributed by atoms with Gasteiger partial charge in [-0.1, -0.05) is 47.9 Å². The fourth-order valence-electron chi connectivity index (χ4n) is 3.06. The number of ether oxygens (including phenoxy) is 1. The smallest absolute Gasteiger partial charge is 0.415 e. The maximum absolute atomic E-state index is 12.5. The topological polar surface area (TPSA) is 59.0 Å². The zero-order valence-corrected chi connectivity index (χ0v) is 17.6. The Balaban J connectivity index is 1.51. The second-order valence-electron chi connectivity index (χ2n) is 8.58. The molecule has 1 fully saturated rings. The molecule has 0 bridgehead atoms. The quantitative estimate of drug-likeness (QED) is 0.763. The van der Waals surface area contributed by atoms with Crippen LogP contribution in [-0.2, 0) is 4.65 Å². The van der Waals surface area contributed by atoms with Crippen LogP contribution in [0.15, 0.2) is 54.6 Å². The van der Waals surface area contributed by atoms with Crippen molar-refractivity contribution in [3.8, 4) is 5.75 Å². The highest BCUT2D eigenvalue weighted by Gasteiger charge is 2.35. The first-order chi connectivity index (χ1) is 13.7. The van der Waals surface area contributed by atoms with Gasteiger partial charge in [-0.2, -0.15) is 0 Å². The normalized spacial score (nSPS) is 17.3. The number of likely N-dealkylation sites (tertiary alicyclic amines) is 1. The molecular weight excluding hydrogens is 365 g/mol. The standard InChI is InChI=1S/C23H29BNO4/c1-22(2,27)23(3,4)29-24-19-10-12-20(13-11-19)28-21(26)25-15-14-18(16-25)17-8-6-5-7-9-17/h5-13,18,27H,14-16H2,1-4H3. The Labute approximate surface area is 173 Å². The van der Waals surface area contributed by atoms with Crippen LogP contribution in [0.25, 0.3) is 0 Å². The largest absolute Gasteiger partial charge is 0.427 e. The maximum atomic E-state index is 12.5. The molecule has 6 heteroatoms. The Morgan fingerprint density at radius 2 is 1.72 bits per heavy atom.